The Labute approximate surface area is 170 Å². The number of rotatable bonds is 7. The Hall–Kier alpha value is -3.09. The zero-order valence-corrected chi connectivity index (χ0v) is 17.3. The van der Waals surface area contributed by atoms with E-state index in [1.807, 2.05) is 31.2 Å². The molecular formula is C22H26N4O3. The second-order valence-electron chi connectivity index (χ2n) is 7.79. The predicted octanol–water partition coefficient (Wildman–Crippen LogP) is 4.17. The van der Waals surface area contributed by atoms with Gasteiger partial charge in [-0.05, 0) is 51.3 Å². The molecule has 1 amide bonds. The first-order valence-electron chi connectivity index (χ1n) is 9.88. The van der Waals surface area contributed by atoms with Crippen LogP contribution >= 0.6 is 0 Å². The van der Waals surface area contributed by atoms with Gasteiger partial charge in [0.1, 0.15) is 23.7 Å². The number of aromatic nitrogens is 2. The molecule has 3 aromatic rings. The molecule has 0 aliphatic heterocycles. The third-order valence-electron chi connectivity index (χ3n) is 5.47. The number of anilines is 1. The van der Waals surface area contributed by atoms with Gasteiger partial charge in [0.15, 0.2) is 0 Å². The average Bonchev–Trinajstić information content (AvgIpc) is 3.34. The lowest BCUT2D eigenvalue weighted by Crippen LogP contribution is -2.30. The molecule has 0 unspecified atom stereocenters. The van der Waals surface area contributed by atoms with Crippen LogP contribution in [0.15, 0.2) is 35.0 Å². The van der Waals surface area contributed by atoms with E-state index in [0.29, 0.717) is 41.3 Å². The summed E-state index contributed by atoms with van der Waals surface area (Å²) >= 11 is 0. The molecule has 2 aromatic heterocycles. The van der Waals surface area contributed by atoms with Crippen LogP contribution in [0.25, 0.3) is 11.1 Å². The number of carbonyl (C=O) groups excluding carboxylic acids is 1. The first-order valence-corrected chi connectivity index (χ1v) is 9.88. The van der Waals surface area contributed by atoms with Crippen molar-refractivity contribution in [2.75, 3.05) is 19.0 Å². The zero-order valence-electron chi connectivity index (χ0n) is 17.3. The normalized spacial score (nSPS) is 14.6. The van der Waals surface area contributed by atoms with Crippen LogP contribution in [0.3, 0.4) is 0 Å². The summed E-state index contributed by atoms with van der Waals surface area (Å²) in [7, 11) is 1.64. The third kappa shape index (κ3) is 3.77. The van der Waals surface area contributed by atoms with Gasteiger partial charge in [-0.15, -0.1) is 0 Å². The maximum absolute atomic E-state index is 13.5. The summed E-state index contributed by atoms with van der Waals surface area (Å²) in [6.45, 7) is 6.97. The van der Waals surface area contributed by atoms with Gasteiger partial charge in [0.05, 0.1) is 18.1 Å². The van der Waals surface area contributed by atoms with Crippen LogP contribution in [0.2, 0.25) is 0 Å². The number of ether oxygens (including phenoxy) is 1. The molecule has 1 aliphatic carbocycles. The number of hydrogen-bond donors (Lipinski definition) is 1. The SMILES string of the molecule is CCN(Cc1cccc(OC)c1)C(=O)c1c(C)oc2ncnc(NC3(C)CC3)c12. The van der Waals surface area contributed by atoms with Gasteiger partial charge in [-0.3, -0.25) is 4.79 Å². The van der Waals surface area contributed by atoms with Gasteiger partial charge in [0, 0.05) is 18.6 Å². The van der Waals surface area contributed by atoms with Crippen LogP contribution in [0, 0.1) is 6.92 Å². The second kappa shape index (κ2) is 7.39. The summed E-state index contributed by atoms with van der Waals surface area (Å²) in [4.78, 5) is 24.0. The highest BCUT2D eigenvalue weighted by Crippen LogP contribution is 2.40. The van der Waals surface area contributed by atoms with Gasteiger partial charge in [0.2, 0.25) is 5.71 Å². The van der Waals surface area contributed by atoms with E-state index in [0.717, 1.165) is 24.2 Å². The number of amides is 1. The van der Waals surface area contributed by atoms with Gasteiger partial charge in [-0.1, -0.05) is 12.1 Å². The number of aryl methyl sites for hydroxylation is 1. The quantitative estimate of drug-likeness (QED) is 0.648. The Morgan fingerprint density at radius 2 is 2.14 bits per heavy atom. The number of methoxy groups -OCH3 is 1. The maximum atomic E-state index is 13.5. The number of benzene rings is 1. The van der Waals surface area contributed by atoms with E-state index in [-0.39, 0.29) is 11.4 Å². The van der Waals surface area contributed by atoms with Crippen molar-refractivity contribution in [3.05, 3.63) is 47.5 Å². The monoisotopic (exact) mass is 394 g/mol. The maximum Gasteiger partial charge on any atom is 0.258 e. The van der Waals surface area contributed by atoms with Crippen LogP contribution in [-0.2, 0) is 6.54 Å². The molecule has 1 saturated carbocycles. The summed E-state index contributed by atoms with van der Waals surface area (Å²) in [5.74, 6) is 1.89. The number of hydrogen-bond acceptors (Lipinski definition) is 6. The number of furan rings is 1. The molecule has 1 N–H and O–H groups in total. The Morgan fingerprint density at radius 3 is 2.83 bits per heavy atom. The van der Waals surface area contributed by atoms with Crippen molar-refractivity contribution in [3.63, 3.8) is 0 Å². The van der Waals surface area contributed by atoms with E-state index in [1.54, 1.807) is 18.9 Å². The standard InChI is InChI=1S/C22H26N4O3/c1-5-26(12-15-7-6-8-16(11-15)28-4)21(27)17-14(2)29-20-18(17)19(23-13-24-20)25-22(3)9-10-22/h6-8,11,13H,5,9-10,12H2,1-4H3,(H,23,24,25). The van der Waals surface area contributed by atoms with Crippen LogP contribution in [0.1, 0.15) is 48.4 Å². The minimum absolute atomic E-state index is 0.0256. The molecule has 1 aliphatic rings. The Morgan fingerprint density at radius 1 is 1.34 bits per heavy atom. The van der Waals surface area contributed by atoms with Crippen molar-refractivity contribution in [1.29, 1.82) is 0 Å². The minimum atomic E-state index is -0.0923. The molecule has 0 saturated heterocycles. The van der Waals surface area contributed by atoms with Crippen LogP contribution in [0.4, 0.5) is 5.82 Å². The zero-order chi connectivity index (χ0) is 20.6. The fourth-order valence-corrected chi connectivity index (χ4v) is 3.47. The largest absolute Gasteiger partial charge is 0.497 e. The molecule has 0 bridgehead atoms. The molecule has 0 atom stereocenters. The van der Waals surface area contributed by atoms with Gasteiger partial charge < -0.3 is 19.4 Å². The number of nitrogens with zero attached hydrogens (tertiary/aromatic N) is 3. The van der Waals surface area contributed by atoms with Crippen molar-refractivity contribution in [2.24, 2.45) is 0 Å². The number of nitrogens with one attached hydrogen (secondary N) is 1. The lowest BCUT2D eigenvalue weighted by molar-refractivity contribution is 0.0752. The Kier molecular flexibility index (Phi) is 4.90. The molecule has 1 aromatic carbocycles. The van der Waals surface area contributed by atoms with Crippen molar-refractivity contribution < 1.29 is 13.9 Å². The molecule has 7 heteroatoms. The van der Waals surface area contributed by atoms with E-state index >= 15 is 0 Å². The van der Waals surface area contributed by atoms with Crippen LogP contribution < -0.4 is 10.1 Å². The molecule has 2 heterocycles. The lowest BCUT2D eigenvalue weighted by atomic mass is 10.1. The fourth-order valence-electron chi connectivity index (χ4n) is 3.47. The molecule has 0 radical (unpaired) electrons. The van der Waals surface area contributed by atoms with Crippen LogP contribution in [0.5, 0.6) is 5.75 Å². The summed E-state index contributed by atoms with van der Waals surface area (Å²) in [5, 5.41) is 4.13. The molecule has 1 fully saturated rings. The average molecular weight is 394 g/mol. The van der Waals surface area contributed by atoms with Crippen molar-refractivity contribution in [1.82, 2.24) is 14.9 Å². The fraction of sp³-hybridized carbons (Fsp3) is 0.409. The number of fused-ring (bicyclic) bond motifs is 1. The first-order chi connectivity index (χ1) is 13.9. The van der Waals surface area contributed by atoms with E-state index in [4.69, 9.17) is 9.15 Å². The minimum Gasteiger partial charge on any atom is -0.497 e. The highest BCUT2D eigenvalue weighted by Gasteiger charge is 2.38. The molecular weight excluding hydrogens is 368 g/mol. The summed E-state index contributed by atoms with van der Waals surface area (Å²) < 4.78 is 11.1. The smallest absolute Gasteiger partial charge is 0.258 e. The van der Waals surface area contributed by atoms with Crippen LogP contribution in [-0.4, -0.2) is 40.0 Å². The lowest BCUT2D eigenvalue weighted by Gasteiger charge is -2.21. The van der Waals surface area contributed by atoms with Crippen molar-refractivity contribution >= 4 is 22.8 Å². The second-order valence-corrected chi connectivity index (χ2v) is 7.79. The highest BCUT2D eigenvalue weighted by molar-refractivity contribution is 6.10. The highest BCUT2D eigenvalue weighted by atomic mass is 16.5. The van der Waals surface area contributed by atoms with E-state index < -0.39 is 0 Å². The van der Waals surface area contributed by atoms with Crippen molar-refractivity contribution in [3.8, 4) is 5.75 Å². The molecule has 152 valence electrons. The topological polar surface area (TPSA) is 80.5 Å². The molecule has 29 heavy (non-hydrogen) atoms. The molecule has 7 nitrogen and oxygen atoms in total. The van der Waals surface area contributed by atoms with E-state index in [9.17, 15) is 4.79 Å². The Balaban J connectivity index is 1.70. The third-order valence-corrected chi connectivity index (χ3v) is 5.47. The predicted molar refractivity (Wildman–Crippen MR) is 111 cm³/mol. The van der Waals surface area contributed by atoms with Gasteiger partial charge in [-0.2, -0.15) is 0 Å². The molecule has 0 spiro atoms. The van der Waals surface area contributed by atoms with E-state index in [2.05, 4.69) is 22.2 Å². The molecule has 4 rings (SSSR count). The van der Waals surface area contributed by atoms with Crippen molar-refractivity contribution in [2.45, 2.75) is 45.7 Å². The summed E-state index contributed by atoms with van der Waals surface area (Å²) in [6, 6.07) is 7.75. The van der Waals surface area contributed by atoms with E-state index in [1.165, 1.54) is 6.33 Å². The Bertz CT molecular complexity index is 1060. The van der Waals surface area contributed by atoms with Gasteiger partial charge in [-0.25, -0.2) is 9.97 Å². The first kappa shape index (κ1) is 19.2. The van der Waals surface area contributed by atoms with Gasteiger partial charge >= 0.3 is 0 Å². The number of carbonyl (C=O) groups is 1. The summed E-state index contributed by atoms with van der Waals surface area (Å²) in [6.07, 6.45) is 3.63. The summed E-state index contributed by atoms with van der Waals surface area (Å²) in [5.41, 5.74) is 1.99. The van der Waals surface area contributed by atoms with Gasteiger partial charge in [0.25, 0.3) is 5.91 Å².